The van der Waals surface area contributed by atoms with E-state index in [9.17, 15) is 9.59 Å². The molecule has 5 aliphatic carbocycles. The minimum atomic E-state index is 0.0779. The molecule has 224 valence electrons. The van der Waals surface area contributed by atoms with E-state index in [1.165, 1.54) is 29.9 Å². The summed E-state index contributed by atoms with van der Waals surface area (Å²) in [6, 6.07) is 31.9. The molecule has 47 heavy (non-hydrogen) atoms. The second-order valence-electron chi connectivity index (χ2n) is 12.6. The van der Waals surface area contributed by atoms with E-state index < -0.39 is 0 Å². The zero-order chi connectivity index (χ0) is 32.2. The van der Waals surface area contributed by atoms with Crippen LogP contribution in [0, 0.1) is 81.9 Å². The molecule has 0 saturated heterocycles. The third-order valence-electron chi connectivity index (χ3n) is 9.98. The van der Waals surface area contributed by atoms with Gasteiger partial charge in [0.15, 0.2) is 10.2 Å². The molecule has 0 aliphatic heterocycles. The number of benzene rings is 4. The molecule has 0 heterocycles. The Morgan fingerprint density at radius 1 is 0.489 bits per heavy atom. The van der Waals surface area contributed by atoms with Crippen molar-refractivity contribution in [2.75, 3.05) is 0 Å². The van der Waals surface area contributed by atoms with Crippen molar-refractivity contribution in [1.29, 1.82) is 0 Å². The van der Waals surface area contributed by atoms with Crippen molar-refractivity contribution in [2.24, 2.45) is 34.5 Å². The molecular weight excluding hydrogens is 613 g/mol. The van der Waals surface area contributed by atoms with Gasteiger partial charge in [0, 0.05) is 57.0 Å². The fourth-order valence-electron chi connectivity index (χ4n) is 8.07. The second kappa shape index (κ2) is 11.4. The molecule has 5 saturated carbocycles. The maximum Gasteiger partial charge on any atom is 0.190 e. The molecular formula is C43H28O2S2. The predicted octanol–water partition coefficient (Wildman–Crippen LogP) is 8.05. The Morgan fingerprint density at radius 2 is 0.766 bits per heavy atom. The molecule has 6 atom stereocenters. The minimum Gasteiger partial charge on any atom is -0.287 e. The van der Waals surface area contributed by atoms with Crippen LogP contribution in [0.15, 0.2) is 107 Å². The summed E-state index contributed by atoms with van der Waals surface area (Å²) in [5.41, 5.74) is 5.96. The standard InChI is InChI=1S/C43H28O2S2/c1-28(44)46-36-19-15-32(16-20-36)5-3-30-7-11-34(12-8-30)23-25-42-38-27-39-41(40(38)42)43(39,42)26-24-35-13-9-31(10-14-35)4-6-33-17-21-37(22-18-33)47-29(2)45/h7-22,38-41H,27H2,1-2H3. The van der Waals surface area contributed by atoms with Crippen LogP contribution in [0.5, 0.6) is 0 Å². The Labute approximate surface area is 284 Å². The summed E-state index contributed by atoms with van der Waals surface area (Å²) in [7, 11) is 0. The summed E-state index contributed by atoms with van der Waals surface area (Å²) in [4.78, 5) is 24.4. The minimum absolute atomic E-state index is 0.0779. The van der Waals surface area contributed by atoms with Crippen LogP contribution >= 0.6 is 23.5 Å². The van der Waals surface area contributed by atoms with Crippen molar-refractivity contribution in [3.05, 3.63) is 130 Å². The van der Waals surface area contributed by atoms with Crippen LogP contribution in [-0.2, 0) is 9.59 Å². The molecule has 6 unspecified atom stereocenters. The van der Waals surface area contributed by atoms with Gasteiger partial charge in [0.1, 0.15) is 0 Å². The number of carbonyl (C=O) groups is 2. The van der Waals surface area contributed by atoms with E-state index in [0.717, 1.165) is 66.8 Å². The molecule has 0 N–H and O–H groups in total. The highest BCUT2D eigenvalue weighted by atomic mass is 32.2. The van der Waals surface area contributed by atoms with Crippen molar-refractivity contribution in [2.45, 2.75) is 30.1 Å². The molecule has 2 bridgehead atoms. The molecule has 0 spiro atoms. The van der Waals surface area contributed by atoms with Gasteiger partial charge in [-0.15, -0.1) is 0 Å². The maximum atomic E-state index is 11.3. The lowest BCUT2D eigenvalue weighted by molar-refractivity contribution is -0.109. The van der Waals surface area contributed by atoms with Gasteiger partial charge in [0.25, 0.3) is 0 Å². The highest BCUT2D eigenvalue weighted by Gasteiger charge is 3.04. The molecule has 0 aromatic heterocycles. The van der Waals surface area contributed by atoms with Crippen LogP contribution in [0.25, 0.3) is 0 Å². The second-order valence-corrected chi connectivity index (χ2v) is 15.1. The van der Waals surface area contributed by atoms with Gasteiger partial charge in [0.2, 0.25) is 0 Å². The van der Waals surface area contributed by atoms with Crippen molar-refractivity contribution < 1.29 is 9.59 Å². The van der Waals surface area contributed by atoms with Gasteiger partial charge in [-0.05, 0) is 127 Å². The maximum absolute atomic E-state index is 11.3. The largest absolute Gasteiger partial charge is 0.287 e. The average Bonchev–Trinajstić information content (AvgIpc) is 3.70. The first kappa shape index (κ1) is 29.6. The van der Waals surface area contributed by atoms with Gasteiger partial charge < -0.3 is 0 Å². The predicted molar refractivity (Wildman–Crippen MR) is 188 cm³/mol. The van der Waals surface area contributed by atoms with E-state index in [0.29, 0.717) is 0 Å². The summed E-state index contributed by atoms with van der Waals surface area (Å²) in [6.45, 7) is 3.14. The first-order valence-corrected chi connectivity index (χ1v) is 17.4. The van der Waals surface area contributed by atoms with Gasteiger partial charge in [0.05, 0.1) is 10.8 Å². The number of carbonyl (C=O) groups excluding carboxylic acids is 2. The highest BCUT2D eigenvalue weighted by molar-refractivity contribution is 8.13. The van der Waals surface area contributed by atoms with Gasteiger partial charge in [-0.1, -0.05) is 70.9 Å². The lowest BCUT2D eigenvalue weighted by Crippen LogP contribution is -2.29. The Morgan fingerprint density at radius 3 is 1.04 bits per heavy atom. The van der Waals surface area contributed by atoms with Crippen LogP contribution in [-0.4, -0.2) is 10.2 Å². The third kappa shape index (κ3) is 5.20. The van der Waals surface area contributed by atoms with E-state index in [2.05, 4.69) is 71.6 Å². The normalized spacial score (nSPS) is 25.8. The molecule has 0 radical (unpaired) electrons. The molecule has 2 nitrogen and oxygen atoms in total. The fraction of sp³-hybridized carbons (Fsp3) is 0.209. The third-order valence-corrected chi connectivity index (χ3v) is 11.6. The van der Waals surface area contributed by atoms with Crippen molar-refractivity contribution in [3.63, 3.8) is 0 Å². The first-order valence-electron chi connectivity index (χ1n) is 15.7. The average molecular weight is 641 g/mol. The van der Waals surface area contributed by atoms with Gasteiger partial charge in [-0.25, -0.2) is 0 Å². The van der Waals surface area contributed by atoms with Gasteiger partial charge in [-0.3, -0.25) is 9.59 Å². The van der Waals surface area contributed by atoms with Crippen molar-refractivity contribution in [3.8, 4) is 47.4 Å². The molecule has 0 amide bonds. The van der Waals surface area contributed by atoms with Crippen molar-refractivity contribution in [1.82, 2.24) is 0 Å². The number of thioether (sulfide) groups is 2. The van der Waals surface area contributed by atoms with Crippen molar-refractivity contribution >= 4 is 33.8 Å². The Hall–Kier alpha value is -4.84. The molecule has 4 aromatic rings. The van der Waals surface area contributed by atoms with Crippen LogP contribution in [0.3, 0.4) is 0 Å². The SMILES string of the molecule is CC(=O)Sc1ccc(C#Cc2ccc(C#CC34C5CC6C(C53)C64C#Cc3ccc(C#Cc4ccc(SC(C)=O)cc4)cc3)cc2)cc1. The summed E-state index contributed by atoms with van der Waals surface area (Å²) >= 11 is 2.46. The fourth-order valence-corrected chi connectivity index (χ4v) is 9.28. The quantitative estimate of drug-likeness (QED) is 0.164. The van der Waals surface area contributed by atoms with Gasteiger partial charge in [-0.2, -0.15) is 0 Å². The van der Waals surface area contributed by atoms with E-state index in [1.54, 1.807) is 13.8 Å². The van der Waals surface area contributed by atoms with Gasteiger partial charge >= 0.3 is 0 Å². The summed E-state index contributed by atoms with van der Waals surface area (Å²) < 4.78 is 0. The Kier molecular flexibility index (Phi) is 7.20. The topological polar surface area (TPSA) is 34.1 Å². The molecule has 4 heteroatoms. The lowest BCUT2D eigenvalue weighted by Gasteiger charge is -2.27. The summed E-state index contributed by atoms with van der Waals surface area (Å²) in [5, 5.41) is 0.156. The van der Waals surface area contributed by atoms with E-state index in [4.69, 9.17) is 0 Å². The van der Waals surface area contributed by atoms with Crippen LogP contribution < -0.4 is 0 Å². The molecule has 5 fully saturated rings. The Bertz CT molecular complexity index is 2020. The number of rotatable bonds is 2. The Balaban J connectivity index is 0.921. The van der Waals surface area contributed by atoms with E-state index >= 15 is 0 Å². The van der Waals surface area contributed by atoms with E-state index in [1.807, 2.05) is 72.8 Å². The summed E-state index contributed by atoms with van der Waals surface area (Å²) in [5.74, 6) is 30.3. The number of hydrogen-bond donors (Lipinski definition) is 0. The summed E-state index contributed by atoms with van der Waals surface area (Å²) in [6.07, 6.45) is 1.28. The molecule has 5 aliphatic rings. The zero-order valence-electron chi connectivity index (χ0n) is 25.9. The zero-order valence-corrected chi connectivity index (χ0v) is 27.5. The van der Waals surface area contributed by atoms with Crippen LogP contribution in [0.4, 0.5) is 0 Å². The highest BCUT2D eigenvalue weighted by Crippen LogP contribution is 3.04. The molecule has 4 aromatic carbocycles. The lowest BCUT2D eigenvalue weighted by atomic mass is 9.72. The van der Waals surface area contributed by atoms with Crippen LogP contribution in [0.2, 0.25) is 0 Å². The first-order chi connectivity index (χ1) is 22.9. The monoisotopic (exact) mass is 640 g/mol. The molecule has 9 rings (SSSR count). The number of hydrogen-bond acceptors (Lipinski definition) is 4. The van der Waals surface area contributed by atoms with Crippen LogP contribution in [0.1, 0.15) is 53.6 Å². The van der Waals surface area contributed by atoms with E-state index in [-0.39, 0.29) is 21.1 Å². The smallest absolute Gasteiger partial charge is 0.190 e.